The van der Waals surface area contributed by atoms with Gasteiger partial charge in [0, 0.05) is 63.0 Å². The number of carbonyl (C=O) groups excluding carboxylic acids is 1. The van der Waals surface area contributed by atoms with Gasteiger partial charge in [-0.1, -0.05) is 17.7 Å². The van der Waals surface area contributed by atoms with Gasteiger partial charge in [-0.05, 0) is 36.4 Å². The predicted molar refractivity (Wildman–Crippen MR) is 110 cm³/mol. The summed E-state index contributed by atoms with van der Waals surface area (Å²) in [5.74, 6) is -0.480. The zero-order valence-corrected chi connectivity index (χ0v) is 17.9. The Labute approximate surface area is 175 Å². The highest BCUT2D eigenvalue weighted by Gasteiger charge is 2.24. The Balaban J connectivity index is 1.62. The molecule has 0 unspecified atom stereocenters. The molecule has 1 amide bonds. The van der Waals surface area contributed by atoms with Crippen molar-refractivity contribution in [2.75, 3.05) is 40.3 Å². The van der Waals surface area contributed by atoms with Crippen LogP contribution in [0.3, 0.4) is 0 Å². The Morgan fingerprint density at radius 1 is 1.07 bits per heavy atom. The van der Waals surface area contributed by atoms with Gasteiger partial charge in [-0.15, -0.1) is 0 Å². The molecule has 1 fully saturated rings. The van der Waals surface area contributed by atoms with Crippen LogP contribution in [-0.2, 0) is 16.6 Å². The molecule has 2 aromatic carbocycles. The Morgan fingerprint density at radius 3 is 2.24 bits per heavy atom. The zero-order chi connectivity index (χ0) is 21.2. The third-order valence-electron chi connectivity index (χ3n) is 4.98. The zero-order valence-electron chi connectivity index (χ0n) is 16.3. The van der Waals surface area contributed by atoms with Crippen LogP contribution in [0.5, 0.6) is 0 Å². The minimum Gasteiger partial charge on any atom is -0.336 e. The lowest BCUT2D eigenvalue weighted by Crippen LogP contribution is -2.48. The van der Waals surface area contributed by atoms with Crippen molar-refractivity contribution < 1.29 is 17.6 Å². The molecule has 1 heterocycles. The second kappa shape index (κ2) is 8.79. The average molecular weight is 440 g/mol. The van der Waals surface area contributed by atoms with Gasteiger partial charge < -0.3 is 4.90 Å². The lowest BCUT2D eigenvalue weighted by Gasteiger charge is -2.35. The monoisotopic (exact) mass is 439 g/mol. The van der Waals surface area contributed by atoms with Crippen LogP contribution in [-0.4, -0.2) is 68.7 Å². The van der Waals surface area contributed by atoms with Crippen molar-refractivity contribution >= 4 is 27.5 Å². The third-order valence-corrected chi connectivity index (χ3v) is 7.17. The van der Waals surface area contributed by atoms with Gasteiger partial charge in [0.2, 0.25) is 10.0 Å². The molecule has 29 heavy (non-hydrogen) atoms. The molecule has 156 valence electrons. The third kappa shape index (κ3) is 4.78. The van der Waals surface area contributed by atoms with Crippen molar-refractivity contribution in [2.45, 2.75) is 11.4 Å². The largest absolute Gasteiger partial charge is 0.336 e. The van der Waals surface area contributed by atoms with Gasteiger partial charge in [0.1, 0.15) is 5.82 Å². The molecule has 0 atom stereocenters. The molecule has 1 aliphatic heterocycles. The molecule has 1 aliphatic rings. The molecular formula is C20H23ClFN3O3S. The lowest BCUT2D eigenvalue weighted by molar-refractivity contribution is 0.0627. The first kappa shape index (κ1) is 21.7. The van der Waals surface area contributed by atoms with Gasteiger partial charge in [-0.2, -0.15) is 0 Å². The average Bonchev–Trinajstić information content (AvgIpc) is 2.71. The molecule has 1 saturated heterocycles. The van der Waals surface area contributed by atoms with Crippen molar-refractivity contribution in [1.29, 1.82) is 0 Å². The van der Waals surface area contributed by atoms with E-state index in [-0.39, 0.29) is 16.6 Å². The van der Waals surface area contributed by atoms with Crippen molar-refractivity contribution in [3.05, 3.63) is 64.4 Å². The first-order chi connectivity index (χ1) is 13.7. The fourth-order valence-corrected chi connectivity index (χ4v) is 4.30. The number of hydrogen-bond acceptors (Lipinski definition) is 4. The highest BCUT2D eigenvalue weighted by molar-refractivity contribution is 7.89. The number of rotatable bonds is 5. The summed E-state index contributed by atoms with van der Waals surface area (Å²) in [5, 5.41) is 0.399. The highest BCUT2D eigenvalue weighted by Crippen LogP contribution is 2.22. The maximum atomic E-state index is 14.0. The van der Waals surface area contributed by atoms with Crippen LogP contribution >= 0.6 is 11.6 Å². The maximum Gasteiger partial charge on any atom is 0.253 e. The fourth-order valence-electron chi connectivity index (χ4n) is 3.18. The van der Waals surface area contributed by atoms with Gasteiger partial charge >= 0.3 is 0 Å². The molecule has 3 rings (SSSR count). The summed E-state index contributed by atoms with van der Waals surface area (Å²) in [6.07, 6.45) is 0. The van der Waals surface area contributed by atoms with Crippen LogP contribution < -0.4 is 0 Å². The number of carbonyl (C=O) groups is 1. The molecular weight excluding hydrogens is 417 g/mol. The second-order valence-electron chi connectivity index (χ2n) is 7.08. The van der Waals surface area contributed by atoms with Crippen molar-refractivity contribution in [1.82, 2.24) is 14.1 Å². The number of benzene rings is 2. The minimum absolute atomic E-state index is 0.144. The van der Waals surface area contributed by atoms with E-state index in [1.54, 1.807) is 17.0 Å². The van der Waals surface area contributed by atoms with E-state index in [1.807, 2.05) is 0 Å². The maximum absolute atomic E-state index is 14.0. The van der Waals surface area contributed by atoms with E-state index in [1.165, 1.54) is 44.4 Å². The fraction of sp³-hybridized carbons (Fsp3) is 0.350. The lowest BCUT2D eigenvalue weighted by atomic mass is 10.1. The Hall–Kier alpha value is -2.00. The minimum atomic E-state index is -3.53. The normalized spacial score (nSPS) is 15.7. The topological polar surface area (TPSA) is 60.9 Å². The van der Waals surface area contributed by atoms with Crippen LogP contribution in [0.25, 0.3) is 0 Å². The summed E-state index contributed by atoms with van der Waals surface area (Å²) >= 11 is 6.10. The number of piperazine rings is 1. The van der Waals surface area contributed by atoms with Crippen LogP contribution in [0.2, 0.25) is 5.02 Å². The van der Waals surface area contributed by atoms with Crippen molar-refractivity contribution in [3.63, 3.8) is 0 Å². The van der Waals surface area contributed by atoms with E-state index in [9.17, 15) is 17.6 Å². The SMILES string of the molecule is CN(C)S(=O)(=O)c1ccc(C(=O)N2CCN(Cc3c(F)cccc3Cl)CC2)cc1. The summed E-state index contributed by atoms with van der Waals surface area (Å²) in [4.78, 5) is 16.7. The van der Waals surface area contributed by atoms with E-state index in [4.69, 9.17) is 11.6 Å². The molecule has 0 radical (unpaired) electrons. The van der Waals surface area contributed by atoms with E-state index in [2.05, 4.69) is 4.90 Å². The Kier molecular flexibility index (Phi) is 6.58. The first-order valence-electron chi connectivity index (χ1n) is 9.17. The van der Waals surface area contributed by atoms with Gasteiger partial charge in [0.25, 0.3) is 5.91 Å². The molecule has 0 saturated carbocycles. The Bertz CT molecular complexity index is 968. The molecule has 0 aromatic heterocycles. The first-order valence-corrected chi connectivity index (χ1v) is 11.0. The summed E-state index contributed by atoms with van der Waals surface area (Å²) < 4.78 is 39.4. The van der Waals surface area contributed by atoms with Crippen molar-refractivity contribution in [3.8, 4) is 0 Å². The number of amides is 1. The summed E-state index contributed by atoms with van der Waals surface area (Å²) in [6, 6.07) is 10.6. The standard InChI is InChI=1S/C20H23ClFN3O3S/c1-23(2)29(27,28)16-8-6-15(7-9-16)20(26)25-12-10-24(11-13-25)14-17-18(21)4-3-5-19(17)22/h3-9H,10-14H2,1-2H3. The van der Waals surface area contributed by atoms with Gasteiger partial charge in [-0.25, -0.2) is 17.1 Å². The molecule has 0 N–H and O–H groups in total. The smallest absolute Gasteiger partial charge is 0.253 e. The van der Waals surface area contributed by atoms with Crippen LogP contribution in [0.4, 0.5) is 4.39 Å². The van der Waals surface area contributed by atoms with Crippen LogP contribution in [0.15, 0.2) is 47.4 Å². The molecule has 2 aromatic rings. The summed E-state index contributed by atoms with van der Waals surface area (Å²) in [7, 11) is -0.607. The van der Waals surface area contributed by atoms with Crippen LogP contribution in [0.1, 0.15) is 15.9 Å². The van der Waals surface area contributed by atoms with Crippen molar-refractivity contribution in [2.24, 2.45) is 0 Å². The van der Waals surface area contributed by atoms with E-state index < -0.39 is 10.0 Å². The molecule has 0 spiro atoms. The second-order valence-corrected chi connectivity index (χ2v) is 9.64. The number of halogens is 2. The van der Waals surface area contributed by atoms with E-state index >= 15 is 0 Å². The van der Waals surface area contributed by atoms with E-state index in [0.29, 0.717) is 48.9 Å². The number of nitrogens with zero attached hydrogens (tertiary/aromatic N) is 3. The Morgan fingerprint density at radius 2 is 1.69 bits per heavy atom. The molecule has 6 nitrogen and oxygen atoms in total. The number of hydrogen-bond donors (Lipinski definition) is 0. The van der Waals surface area contributed by atoms with Gasteiger partial charge in [-0.3, -0.25) is 9.69 Å². The number of sulfonamides is 1. The highest BCUT2D eigenvalue weighted by atomic mass is 35.5. The molecule has 0 aliphatic carbocycles. The van der Waals surface area contributed by atoms with E-state index in [0.717, 1.165) is 4.31 Å². The van der Waals surface area contributed by atoms with Gasteiger partial charge in [0.15, 0.2) is 0 Å². The molecule has 0 bridgehead atoms. The predicted octanol–water partition coefficient (Wildman–Crippen LogP) is 2.69. The van der Waals surface area contributed by atoms with Crippen LogP contribution in [0, 0.1) is 5.82 Å². The summed E-state index contributed by atoms with van der Waals surface area (Å²) in [6.45, 7) is 2.60. The molecule has 9 heteroatoms. The summed E-state index contributed by atoms with van der Waals surface area (Å²) in [5.41, 5.74) is 0.903. The quantitative estimate of drug-likeness (QED) is 0.718. The van der Waals surface area contributed by atoms with Gasteiger partial charge in [0.05, 0.1) is 4.90 Å².